The van der Waals surface area contributed by atoms with E-state index in [9.17, 15) is 106 Å². The first-order chi connectivity index (χ1) is 20.0. The molecular weight excluding hydrogens is 718 g/mol. The molecule has 0 heterocycles. The third-order valence-electron chi connectivity index (χ3n) is 7.91. The second-order valence-corrected chi connectivity index (χ2v) is 10.6. The molecule has 46 heavy (non-hydrogen) atoms. The third-order valence-corrected chi connectivity index (χ3v) is 7.91. The molecule has 3 saturated carbocycles. The Morgan fingerprint density at radius 3 is 0.652 bits per heavy atom. The van der Waals surface area contributed by atoms with Crippen LogP contribution in [0.3, 0.4) is 0 Å². The van der Waals surface area contributed by atoms with Crippen molar-refractivity contribution in [3.8, 4) is 0 Å². The van der Waals surface area contributed by atoms with Crippen LogP contribution in [-0.4, -0.2) is 94.5 Å². The Morgan fingerprint density at radius 1 is 0.326 bits per heavy atom. The van der Waals surface area contributed by atoms with E-state index in [0.717, 1.165) is 10.6 Å². The van der Waals surface area contributed by atoms with Crippen molar-refractivity contribution >= 4 is 11.8 Å². The number of rotatable bonds is 4. The molecule has 3 aliphatic carbocycles. The summed E-state index contributed by atoms with van der Waals surface area (Å²) in [6.45, 7) is 0. The monoisotopic (exact) mass is 730 g/mol. The number of carbonyl (C=O) groups excluding carboxylic acids is 2. The zero-order valence-electron chi connectivity index (χ0n) is 21.1. The highest BCUT2D eigenvalue weighted by atomic mass is 19.4. The van der Waals surface area contributed by atoms with Gasteiger partial charge in [0.2, 0.25) is 0 Å². The molecule has 2 amide bonds. The van der Waals surface area contributed by atoms with Gasteiger partial charge in [0.1, 0.15) is 0 Å². The lowest BCUT2D eigenvalue weighted by atomic mass is 9.71. The van der Waals surface area contributed by atoms with Gasteiger partial charge in [0.05, 0.1) is 0 Å². The van der Waals surface area contributed by atoms with E-state index in [1.165, 1.54) is 0 Å². The highest BCUT2D eigenvalue weighted by Gasteiger charge is 3.04. The van der Waals surface area contributed by atoms with Crippen LogP contribution in [0.4, 0.5) is 96.6 Å². The fourth-order valence-electron chi connectivity index (χ4n) is 4.96. The number of hydrogen-bond donors (Lipinski definition) is 2. The van der Waals surface area contributed by atoms with Crippen LogP contribution in [0.1, 0.15) is 25.7 Å². The standard InChI is InChI=1S/C20H12F22N2O2/c21-9(11(23,24)15(31,32)19(39,40)16(33,34)12(9,25)26)7(45)43-5-1-2-6(4-3-5)44-8(46)10(22)13(27,28)17(35,36)20(41,42)18(37,38)14(10,29)30/h5-6H,1-4H2,(H,43,45)(H,44,46). The molecule has 0 unspecified atom stereocenters. The predicted octanol–water partition coefficient (Wildman–Crippen LogP) is 6.33. The summed E-state index contributed by atoms with van der Waals surface area (Å²) in [5.74, 6) is -83.9. The highest BCUT2D eigenvalue weighted by molar-refractivity contribution is 5.90. The van der Waals surface area contributed by atoms with Crippen LogP contribution >= 0.6 is 0 Å². The van der Waals surface area contributed by atoms with Crippen molar-refractivity contribution in [1.82, 2.24) is 10.6 Å². The van der Waals surface area contributed by atoms with E-state index in [-0.39, 0.29) is 0 Å². The molecule has 3 rings (SSSR count). The molecule has 0 radical (unpaired) electrons. The largest absolute Gasteiger partial charge is 0.384 e. The molecule has 0 atom stereocenters. The molecule has 3 fully saturated rings. The van der Waals surface area contributed by atoms with E-state index in [1.807, 2.05) is 0 Å². The van der Waals surface area contributed by atoms with Crippen LogP contribution in [0.25, 0.3) is 0 Å². The molecule has 0 aromatic rings. The van der Waals surface area contributed by atoms with Crippen LogP contribution in [0.2, 0.25) is 0 Å². The Balaban J connectivity index is 1.83. The molecule has 26 heteroatoms. The summed E-state index contributed by atoms with van der Waals surface area (Å²) in [5.41, 5.74) is -14.3. The van der Waals surface area contributed by atoms with Gasteiger partial charge in [-0.3, -0.25) is 9.59 Å². The minimum absolute atomic E-state index is 0.751. The van der Waals surface area contributed by atoms with Crippen molar-refractivity contribution in [2.24, 2.45) is 0 Å². The van der Waals surface area contributed by atoms with Gasteiger partial charge in [-0.15, -0.1) is 0 Å². The summed E-state index contributed by atoms with van der Waals surface area (Å²) in [7, 11) is 0. The van der Waals surface area contributed by atoms with Crippen LogP contribution in [0.5, 0.6) is 0 Å². The van der Waals surface area contributed by atoms with Gasteiger partial charge in [0.15, 0.2) is 0 Å². The maximum absolute atomic E-state index is 14.8. The summed E-state index contributed by atoms with van der Waals surface area (Å²) < 4.78 is 304. The smallest absolute Gasteiger partial charge is 0.350 e. The van der Waals surface area contributed by atoms with Crippen LogP contribution in [0.15, 0.2) is 0 Å². The second kappa shape index (κ2) is 9.51. The first-order valence-electron chi connectivity index (χ1n) is 11.8. The first-order valence-corrected chi connectivity index (χ1v) is 11.8. The van der Waals surface area contributed by atoms with E-state index in [0.29, 0.717) is 0 Å². The fourth-order valence-corrected chi connectivity index (χ4v) is 4.96. The van der Waals surface area contributed by atoms with E-state index in [2.05, 4.69) is 0 Å². The van der Waals surface area contributed by atoms with Crippen molar-refractivity contribution in [3.05, 3.63) is 0 Å². The van der Waals surface area contributed by atoms with Gasteiger partial charge in [0.25, 0.3) is 11.8 Å². The van der Waals surface area contributed by atoms with Gasteiger partial charge in [-0.25, -0.2) is 8.78 Å². The Labute approximate surface area is 238 Å². The number of nitrogens with one attached hydrogen (secondary N) is 2. The van der Waals surface area contributed by atoms with Crippen LogP contribution in [-0.2, 0) is 9.59 Å². The number of halogens is 22. The van der Waals surface area contributed by atoms with Gasteiger partial charge in [-0.2, -0.15) is 87.8 Å². The van der Waals surface area contributed by atoms with Gasteiger partial charge in [0, 0.05) is 12.1 Å². The highest BCUT2D eigenvalue weighted by Crippen LogP contribution is 2.71. The van der Waals surface area contributed by atoms with Crippen molar-refractivity contribution < 1.29 is 106 Å². The summed E-state index contributed by atoms with van der Waals surface area (Å²) in [4.78, 5) is 24.0. The van der Waals surface area contributed by atoms with Crippen molar-refractivity contribution in [2.75, 3.05) is 0 Å². The van der Waals surface area contributed by atoms with Gasteiger partial charge in [-0.1, -0.05) is 0 Å². The molecule has 0 aromatic carbocycles. The number of carbonyl (C=O) groups is 2. The Kier molecular flexibility index (Phi) is 7.83. The molecule has 3 aliphatic rings. The number of hydrogen-bond acceptors (Lipinski definition) is 2. The van der Waals surface area contributed by atoms with E-state index < -0.39 is 120 Å². The fraction of sp³-hybridized carbons (Fsp3) is 0.900. The Bertz CT molecular complexity index is 1110. The topological polar surface area (TPSA) is 58.2 Å². The van der Waals surface area contributed by atoms with Crippen molar-refractivity contribution in [2.45, 2.75) is 108 Å². The lowest BCUT2D eigenvalue weighted by Gasteiger charge is -2.52. The van der Waals surface area contributed by atoms with Crippen molar-refractivity contribution in [1.29, 1.82) is 0 Å². The molecule has 2 N–H and O–H groups in total. The Morgan fingerprint density at radius 2 is 0.478 bits per heavy atom. The molecular formula is C20H12F22N2O2. The maximum Gasteiger partial charge on any atom is 0.384 e. The quantitative estimate of drug-likeness (QED) is 0.333. The minimum Gasteiger partial charge on any atom is -0.350 e. The predicted molar refractivity (Wildman–Crippen MR) is 99.5 cm³/mol. The molecule has 0 bridgehead atoms. The average molecular weight is 730 g/mol. The Hall–Kier alpha value is -2.60. The molecule has 4 nitrogen and oxygen atoms in total. The first kappa shape index (κ1) is 37.9. The molecule has 0 aromatic heterocycles. The van der Waals surface area contributed by atoms with E-state index in [1.54, 1.807) is 0 Å². The summed E-state index contributed by atoms with van der Waals surface area (Å²) >= 11 is 0. The number of amides is 2. The summed E-state index contributed by atoms with van der Waals surface area (Å²) in [6, 6.07) is -4.37. The minimum atomic E-state index is -7.66. The maximum atomic E-state index is 14.8. The average Bonchev–Trinajstić information content (AvgIpc) is 2.90. The normalized spacial score (nSPS) is 34.5. The van der Waals surface area contributed by atoms with E-state index in [4.69, 9.17) is 0 Å². The van der Waals surface area contributed by atoms with Crippen LogP contribution in [0, 0.1) is 0 Å². The van der Waals surface area contributed by atoms with Gasteiger partial charge < -0.3 is 10.6 Å². The molecule has 0 spiro atoms. The van der Waals surface area contributed by atoms with E-state index >= 15 is 0 Å². The second-order valence-electron chi connectivity index (χ2n) is 10.6. The summed E-state index contributed by atoms with van der Waals surface area (Å²) in [5, 5.41) is 1.50. The zero-order chi connectivity index (χ0) is 36.6. The van der Waals surface area contributed by atoms with Crippen molar-refractivity contribution in [3.63, 3.8) is 0 Å². The van der Waals surface area contributed by atoms with Crippen LogP contribution < -0.4 is 10.6 Å². The molecule has 0 saturated heterocycles. The molecule has 268 valence electrons. The zero-order valence-corrected chi connectivity index (χ0v) is 21.1. The van der Waals surface area contributed by atoms with Gasteiger partial charge in [-0.05, 0) is 25.7 Å². The lowest BCUT2D eigenvalue weighted by molar-refractivity contribution is -0.476. The number of alkyl halides is 22. The summed E-state index contributed by atoms with van der Waals surface area (Å²) in [6.07, 6.45) is -4.82. The van der Waals surface area contributed by atoms with Gasteiger partial charge >= 0.3 is 70.6 Å². The third kappa shape index (κ3) is 3.69. The lowest BCUT2D eigenvalue weighted by Crippen LogP contribution is -2.86. The SMILES string of the molecule is O=C(NC1CCC(NC(=O)C2(F)C(F)(F)C(F)(F)C(F)(F)C(F)(F)C2(F)F)CC1)C1(F)C(F)(F)C(F)(F)C(F)(F)C(F)(F)C1(F)F. The molecule has 0 aliphatic heterocycles.